The molecule has 0 heterocycles. The van der Waals surface area contributed by atoms with Crippen LogP contribution in [0.5, 0.6) is 5.75 Å². The van der Waals surface area contributed by atoms with Crippen molar-refractivity contribution in [3.63, 3.8) is 0 Å². The second-order valence-electron chi connectivity index (χ2n) is 7.53. The van der Waals surface area contributed by atoms with Crippen molar-refractivity contribution in [2.24, 2.45) is 5.10 Å². The quantitative estimate of drug-likeness (QED) is 0.136. The van der Waals surface area contributed by atoms with Crippen LogP contribution in [0.4, 0.5) is 5.69 Å². The topological polar surface area (TPSA) is 96.9 Å². The maximum Gasteiger partial charge on any atom is 0.343 e. The van der Waals surface area contributed by atoms with Crippen molar-refractivity contribution in [2.45, 2.75) is 0 Å². The largest absolute Gasteiger partial charge is 0.422 e. The summed E-state index contributed by atoms with van der Waals surface area (Å²) in [6.07, 6.45) is 1.39. The number of rotatable bonds is 7. The normalized spacial score (nSPS) is 10.6. The molecule has 2 N–H and O–H groups in total. The molecule has 0 radical (unpaired) electrons. The van der Waals surface area contributed by atoms with Gasteiger partial charge in [0.25, 0.3) is 11.8 Å². The lowest BCUT2D eigenvalue weighted by Gasteiger charge is -2.08. The number of carbonyl (C=O) groups is 3. The third-order valence-corrected chi connectivity index (χ3v) is 5.49. The first-order valence-corrected chi connectivity index (χ1v) is 11.7. The van der Waals surface area contributed by atoms with Crippen LogP contribution in [-0.4, -0.2) is 24.0 Å². The molecule has 0 atom stereocenters. The number of nitrogens with zero attached hydrogens (tertiary/aromatic N) is 1. The van der Waals surface area contributed by atoms with Crippen molar-refractivity contribution in [3.05, 3.63) is 130 Å². The highest BCUT2D eigenvalue weighted by atomic mass is 79.9. The Hall–Kier alpha value is -4.56. The van der Waals surface area contributed by atoms with Crippen LogP contribution < -0.4 is 15.5 Å². The number of hydrogen-bond acceptors (Lipinski definition) is 5. The summed E-state index contributed by atoms with van der Waals surface area (Å²) >= 11 is 3.38. The van der Waals surface area contributed by atoms with Crippen LogP contribution in [0.3, 0.4) is 0 Å². The van der Waals surface area contributed by atoms with Crippen molar-refractivity contribution in [1.29, 1.82) is 0 Å². The minimum Gasteiger partial charge on any atom is -0.422 e. The Morgan fingerprint density at radius 1 is 0.722 bits per heavy atom. The number of benzene rings is 4. The average molecular weight is 542 g/mol. The molecular formula is C28H20BrN3O4. The molecule has 0 aliphatic rings. The number of amides is 2. The molecule has 2 amide bonds. The van der Waals surface area contributed by atoms with Crippen molar-refractivity contribution in [1.82, 2.24) is 5.43 Å². The molecule has 36 heavy (non-hydrogen) atoms. The van der Waals surface area contributed by atoms with Gasteiger partial charge in [0.1, 0.15) is 5.75 Å². The summed E-state index contributed by atoms with van der Waals surface area (Å²) in [7, 11) is 0. The molecule has 0 aromatic heterocycles. The molecule has 0 saturated carbocycles. The third kappa shape index (κ3) is 6.52. The summed E-state index contributed by atoms with van der Waals surface area (Å²) in [5, 5.41) is 6.79. The van der Waals surface area contributed by atoms with Crippen LogP contribution in [-0.2, 0) is 0 Å². The third-order valence-electron chi connectivity index (χ3n) is 4.99. The fourth-order valence-electron chi connectivity index (χ4n) is 3.17. The van der Waals surface area contributed by atoms with Crippen LogP contribution in [0.1, 0.15) is 36.6 Å². The van der Waals surface area contributed by atoms with E-state index in [1.807, 2.05) is 12.1 Å². The van der Waals surface area contributed by atoms with E-state index in [2.05, 4.69) is 31.8 Å². The number of esters is 1. The average Bonchev–Trinajstić information content (AvgIpc) is 2.91. The molecule has 4 aromatic carbocycles. The van der Waals surface area contributed by atoms with E-state index in [9.17, 15) is 14.4 Å². The zero-order chi connectivity index (χ0) is 25.3. The van der Waals surface area contributed by atoms with Crippen molar-refractivity contribution < 1.29 is 19.1 Å². The Kier molecular flexibility index (Phi) is 8.00. The Bertz CT molecular complexity index is 1410. The molecule has 7 nitrogen and oxygen atoms in total. The van der Waals surface area contributed by atoms with Gasteiger partial charge in [-0.15, -0.1) is 0 Å². The molecular weight excluding hydrogens is 522 g/mol. The predicted octanol–water partition coefficient (Wildman–Crippen LogP) is 5.68. The van der Waals surface area contributed by atoms with Crippen molar-refractivity contribution >= 4 is 45.6 Å². The second-order valence-corrected chi connectivity index (χ2v) is 8.45. The highest BCUT2D eigenvalue weighted by Gasteiger charge is 2.12. The number of nitrogens with one attached hydrogen (secondary N) is 2. The number of anilines is 1. The van der Waals surface area contributed by atoms with Gasteiger partial charge in [0.05, 0.1) is 11.8 Å². The smallest absolute Gasteiger partial charge is 0.343 e. The fraction of sp³-hybridized carbons (Fsp3) is 0. The first-order valence-electron chi connectivity index (χ1n) is 10.9. The summed E-state index contributed by atoms with van der Waals surface area (Å²) in [6, 6.07) is 29.0. The Labute approximate surface area is 215 Å². The molecule has 0 fully saturated rings. The van der Waals surface area contributed by atoms with E-state index < -0.39 is 11.9 Å². The molecule has 0 saturated heterocycles. The zero-order valence-corrected chi connectivity index (χ0v) is 20.4. The van der Waals surface area contributed by atoms with E-state index in [1.54, 1.807) is 91.0 Å². The first-order chi connectivity index (χ1) is 17.5. The highest BCUT2D eigenvalue weighted by Crippen LogP contribution is 2.23. The zero-order valence-electron chi connectivity index (χ0n) is 18.9. The van der Waals surface area contributed by atoms with Crippen LogP contribution in [0.2, 0.25) is 0 Å². The van der Waals surface area contributed by atoms with E-state index in [-0.39, 0.29) is 5.91 Å². The van der Waals surface area contributed by atoms with Gasteiger partial charge >= 0.3 is 5.97 Å². The lowest BCUT2D eigenvalue weighted by molar-refractivity contribution is 0.0734. The van der Waals surface area contributed by atoms with Crippen molar-refractivity contribution in [3.8, 4) is 5.75 Å². The minimum atomic E-state index is -0.504. The van der Waals surface area contributed by atoms with Gasteiger partial charge in [0.15, 0.2) is 0 Å². The van der Waals surface area contributed by atoms with Crippen LogP contribution in [0.15, 0.2) is 113 Å². The minimum absolute atomic E-state index is 0.241. The first kappa shape index (κ1) is 24.6. The lowest BCUT2D eigenvalue weighted by atomic mass is 10.1. The Morgan fingerprint density at radius 2 is 1.33 bits per heavy atom. The SMILES string of the molecule is O=C(N/N=C/c1cc(Br)ccc1OC(=O)c1ccccc1)c1ccc(NC(=O)c2ccccc2)cc1. The Balaban J connectivity index is 1.38. The molecule has 0 spiro atoms. The molecule has 178 valence electrons. The van der Waals surface area contributed by atoms with Gasteiger partial charge in [-0.25, -0.2) is 10.2 Å². The summed E-state index contributed by atoms with van der Waals surface area (Å²) in [5.74, 6) is -0.889. The molecule has 8 heteroatoms. The van der Waals surface area contributed by atoms with E-state index in [4.69, 9.17) is 4.74 Å². The van der Waals surface area contributed by atoms with E-state index in [0.717, 1.165) is 4.47 Å². The van der Waals surface area contributed by atoms with Gasteiger partial charge in [-0.1, -0.05) is 52.3 Å². The number of halogens is 1. The van der Waals surface area contributed by atoms with Gasteiger partial charge in [0, 0.05) is 26.9 Å². The number of ether oxygens (including phenoxy) is 1. The second kappa shape index (κ2) is 11.7. The van der Waals surface area contributed by atoms with Crippen LogP contribution >= 0.6 is 15.9 Å². The lowest BCUT2D eigenvalue weighted by Crippen LogP contribution is -2.18. The van der Waals surface area contributed by atoms with Gasteiger partial charge in [-0.2, -0.15) is 5.10 Å². The summed E-state index contributed by atoms with van der Waals surface area (Å²) in [4.78, 5) is 37.2. The van der Waals surface area contributed by atoms with Gasteiger partial charge in [0.2, 0.25) is 0 Å². The maximum absolute atomic E-state index is 12.5. The highest BCUT2D eigenvalue weighted by molar-refractivity contribution is 9.10. The van der Waals surface area contributed by atoms with E-state index in [0.29, 0.717) is 33.7 Å². The van der Waals surface area contributed by atoms with Crippen LogP contribution in [0.25, 0.3) is 0 Å². The summed E-state index contributed by atoms with van der Waals surface area (Å²) < 4.78 is 6.26. The van der Waals surface area contributed by atoms with E-state index >= 15 is 0 Å². The Morgan fingerprint density at radius 3 is 2.00 bits per heavy atom. The van der Waals surface area contributed by atoms with E-state index in [1.165, 1.54) is 6.21 Å². The van der Waals surface area contributed by atoms with Crippen molar-refractivity contribution in [2.75, 3.05) is 5.32 Å². The predicted molar refractivity (Wildman–Crippen MR) is 141 cm³/mol. The van der Waals surface area contributed by atoms with Gasteiger partial charge in [-0.05, 0) is 66.7 Å². The standard InChI is InChI=1S/C28H20BrN3O4/c29-23-13-16-25(36-28(35)21-9-5-2-6-10-21)22(17-23)18-30-32-27(34)20-11-14-24(15-12-20)31-26(33)19-7-3-1-4-8-19/h1-18H,(H,31,33)(H,32,34)/b30-18+. The van der Waals surface area contributed by atoms with Crippen LogP contribution in [0, 0.1) is 0 Å². The fourth-order valence-corrected chi connectivity index (χ4v) is 3.55. The molecule has 4 rings (SSSR count). The molecule has 0 unspecified atom stereocenters. The summed E-state index contributed by atoms with van der Waals surface area (Å²) in [6.45, 7) is 0. The molecule has 0 aliphatic carbocycles. The van der Waals surface area contributed by atoms with Gasteiger partial charge < -0.3 is 10.1 Å². The molecule has 0 aliphatic heterocycles. The monoisotopic (exact) mass is 541 g/mol. The maximum atomic E-state index is 12.5. The van der Waals surface area contributed by atoms with Gasteiger partial charge in [-0.3, -0.25) is 9.59 Å². The number of carbonyl (C=O) groups excluding carboxylic acids is 3. The number of hydrazone groups is 1. The molecule has 0 bridgehead atoms. The number of hydrogen-bond donors (Lipinski definition) is 2. The summed E-state index contributed by atoms with van der Waals surface area (Å²) in [5.41, 5.74) is 4.81. The molecule has 4 aromatic rings.